The van der Waals surface area contributed by atoms with Gasteiger partial charge in [-0.05, 0) is 63.4 Å². The second-order valence-electron chi connectivity index (χ2n) is 11.0. The third-order valence-electron chi connectivity index (χ3n) is 8.33. The van der Waals surface area contributed by atoms with Gasteiger partial charge in [-0.25, -0.2) is 9.97 Å². The van der Waals surface area contributed by atoms with Crippen molar-refractivity contribution >= 4 is 22.6 Å². The Hall–Kier alpha value is -3.30. The summed E-state index contributed by atoms with van der Waals surface area (Å²) in [5.41, 5.74) is 2.55. The van der Waals surface area contributed by atoms with E-state index in [0.717, 1.165) is 54.5 Å². The normalized spacial score (nSPS) is 19.2. The van der Waals surface area contributed by atoms with Crippen LogP contribution >= 0.6 is 0 Å². The Balaban J connectivity index is 1.32. The van der Waals surface area contributed by atoms with E-state index in [1.165, 1.54) is 0 Å². The van der Waals surface area contributed by atoms with Crippen molar-refractivity contribution in [1.82, 2.24) is 25.2 Å². The van der Waals surface area contributed by atoms with E-state index in [2.05, 4.69) is 32.2 Å². The average Bonchev–Trinajstić information content (AvgIpc) is 3.44. The zero-order valence-corrected chi connectivity index (χ0v) is 23.2. The number of hydrogen-bond acceptors (Lipinski definition) is 7. The number of benzene rings is 1. The van der Waals surface area contributed by atoms with Crippen LogP contribution in [0.5, 0.6) is 5.88 Å². The number of rotatable bonds is 12. The number of para-hydroxylation sites is 1. The number of fused-ring (bicyclic) bond motifs is 1. The molecule has 208 valence electrons. The molecule has 1 aromatic carbocycles. The Morgan fingerprint density at radius 2 is 2.05 bits per heavy atom. The van der Waals surface area contributed by atoms with E-state index in [4.69, 9.17) is 9.47 Å². The molecule has 2 N–H and O–H groups in total. The van der Waals surface area contributed by atoms with Gasteiger partial charge in [-0.3, -0.25) is 9.59 Å². The lowest BCUT2D eigenvalue weighted by Gasteiger charge is -2.30. The number of methoxy groups -OCH3 is 1. The smallest absolute Gasteiger partial charge is 0.224 e. The van der Waals surface area contributed by atoms with Crippen LogP contribution in [0.4, 0.5) is 0 Å². The number of aromatic nitrogens is 3. The van der Waals surface area contributed by atoms with E-state index in [-0.39, 0.29) is 29.6 Å². The maximum atomic E-state index is 13.4. The van der Waals surface area contributed by atoms with Gasteiger partial charge in [0.2, 0.25) is 11.8 Å². The molecule has 2 atom stereocenters. The van der Waals surface area contributed by atoms with Crippen LogP contribution in [0.15, 0.2) is 36.5 Å². The van der Waals surface area contributed by atoms with Crippen LogP contribution in [0.2, 0.25) is 0 Å². The number of piperidine rings is 1. The predicted octanol–water partition coefficient (Wildman–Crippen LogP) is 4.30. The number of amides is 1. The van der Waals surface area contributed by atoms with Crippen molar-refractivity contribution in [2.45, 2.75) is 51.5 Å². The van der Waals surface area contributed by atoms with E-state index < -0.39 is 6.04 Å². The molecular formula is C30H39N5O4. The van der Waals surface area contributed by atoms with Gasteiger partial charge in [0, 0.05) is 30.8 Å². The van der Waals surface area contributed by atoms with Crippen LogP contribution in [-0.4, -0.2) is 72.0 Å². The standard InChI is InChI=1S/C30H39N5O4/c1-4-21(36)9-7-15-39-19-26(33-28(37)23-17-30(23)11-13-35(2)14-12-30)27-31-18-25(32-27)22-16-20-8-5-6-10-24(20)34-29(22)38-3/h5-6,8,10,16,18,23,26H,4,7,9,11-15,17,19H2,1-3H3,(H,31,32)(H,33,37)/t23-,26+/m1/s1. The lowest BCUT2D eigenvalue weighted by atomic mass is 9.91. The van der Waals surface area contributed by atoms with Gasteiger partial charge in [0.15, 0.2) is 0 Å². The predicted molar refractivity (Wildman–Crippen MR) is 149 cm³/mol. The first-order valence-corrected chi connectivity index (χ1v) is 14.0. The molecule has 3 aromatic rings. The number of H-pyrrole nitrogens is 1. The molecule has 9 nitrogen and oxygen atoms in total. The number of Topliss-reactive ketones (excluding diaryl/α,β-unsaturated/α-hetero) is 1. The highest BCUT2D eigenvalue weighted by Gasteiger charge is 2.58. The first kappa shape index (κ1) is 27.3. The molecule has 1 aliphatic carbocycles. The van der Waals surface area contributed by atoms with Crippen molar-refractivity contribution in [2.24, 2.45) is 11.3 Å². The number of nitrogens with one attached hydrogen (secondary N) is 2. The topological polar surface area (TPSA) is 109 Å². The fourth-order valence-corrected chi connectivity index (χ4v) is 5.64. The Morgan fingerprint density at radius 3 is 2.82 bits per heavy atom. The third kappa shape index (κ3) is 6.15. The third-order valence-corrected chi connectivity index (χ3v) is 8.33. The largest absolute Gasteiger partial charge is 0.480 e. The van der Waals surface area contributed by atoms with Crippen molar-refractivity contribution in [1.29, 1.82) is 0 Å². The Kier molecular flexibility index (Phi) is 8.28. The maximum Gasteiger partial charge on any atom is 0.224 e. The van der Waals surface area contributed by atoms with E-state index >= 15 is 0 Å². The minimum atomic E-state index is -0.434. The Morgan fingerprint density at radius 1 is 1.26 bits per heavy atom. The quantitative estimate of drug-likeness (QED) is 0.334. The summed E-state index contributed by atoms with van der Waals surface area (Å²) in [6.07, 6.45) is 6.53. The van der Waals surface area contributed by atoms with Gasteiger partial charge >= 0.3 is 0 Å². The van der Waals surface area contributed by atoms with Crippen molar-refractivity contribution in [2.75, 3.05) is 40.5 Å². The highest BCUT2D eigenvalue weighted by molar-refractivity contribution is 5.85. The molecule has 0 unspecified atom stereocenters. The molecule has 1 saturated carbocycles. The molecular weight excluding hydrogens is 494 g/mol. The fraction of sp³-hybridized carbons (Fsp3) is 0.533. The molecule has 0 bridgehead atoms. The second-order valence-corrected chi connectivity index (χ2v) is 11.0. The van der Waals surface area contributed by atoms with Gasteiger partial charge in [0.05, 0.1) is 36.7 Å². The molecule has 2 aromatic heterocycles. The van der Waals surface area contributed by atoms with Crippen LogP contribution in [0.1, 0.15) is 57.3 Å². The van der Waals surface area contributed by atoms with Crippen LogP contribution in [0.3, 0.4) is 0 Å². The first-order chi connectivity index (χ1) is 18.9. The van der Waals surface area contributed by atoms with Crippen molar-refractivity contribution in [3.63, 3.8) is 0 Å². The minimum Gasteiger partial charge on any atom is -0.480 e. The molecule has 1 aliphatic heterocycles. The molecule has 3 heterocycles. The number of carbonyl (C=O) groups excluding carboxylic acids is 2. The van der Waals surface area contributed by atoms with E-state index in [0.29, 0.717) is 37.6 Å². The van der Waals surface area contributed by atoms with Gasteiger partial charge in [-0.15, -0.1) is 0 Å². The summed E-state index contributed by atoms with van der Waals surface area (Å²) in [6.45, 7) is 4.67. The van der Waals surface area contributed by atoms with E-state index in [9.17, 15) is 9.59 Å². The Bertz CT molecular complexity index is 1310. The molecule has 1 amide bonds. The minimum absolute atomic E-state index is 0.0371. The number of imidazole rings is 1. The zero-order valence-electron chi connectivity index (χ0n) is 23.2. The molecule has 39 heavy (non-hydrogen) atoms. The van der Waals surface area contributed by atoms with Gasteiger partial charge in [-0.2, -0.15) is 0 Å². The van der Waals surface area contributed by atoms with Crippen molar-refractivity contribution in [3.8, 4) is 17.1 Å². The molecule has 1 saturated heterocycles. The summed E-state index contributed by atoms with van der Waals surface area (Å²) >= 11 is 0. The zero-order chi connectivity index (χ0) is 27.4. The van der Waals surface area contributed by atoms with E-state index in [1.54, 1.807) is 13.3 Å². The van der Waals surface area contributed by atoms with Gasteiger partial charge < -0.3 is 24.7 Å². The van der Waals surface area contributed by atoms with E-state index in [1.807, 2.05) is 37.3 Å². The lowest BCUT2D eigenvalue weighted by Crippen LogP contribution is -2.37. The van der Waals surface area contributed by atoms with Crippen molar-refractivity contribution < 1.29 is 19.1 Å². The molecule has 0 radical (unpaired) electrons. The Labute approximate surface area is 229 Å². The molecule has 1 spiro atoms. The van der Waals surface area contributed by atoms with Crippen LogP contribution in [-0.2, 0) is 14.3 Å². The number of pyridine rings is 1. The summed E-state index contributed by atoms with van der Waals surface area (Å²) in [4.78, 5) is 40.1. The fourth-order valence-electron chi connectivity index (χ4n) is 5.64. The van der Waals surface area contributed by atoms with Crippen molar-refractivity contribution in [3.05, 3.63) is 42.4 Å². The second kappa shape index (κ2) is 11.8. The maximum absolute atomic E-state index is 13.4. The summed E-state index contributed by atoms with van der Waals surface area (Å²) < 4.78 is 11.5. The summed E-state index contributed by atoms with van der Waals surface area (Å²) in [5.74, 6) is 1.46. The average molecular weight is 534 g/mol. The highest BCUT2D eigenvalue weighted by atomic mass is 16.5. The number of ether oxygens (including phenoxy) is 2. The number of aromatic amines is 1. The van der Waals surface area contributed by atoms with Gasteiger partial charge in [0.1, 0.15) is 17.6 Å². The van der Waals surface area contributed by atoms with Gasteiger partial charge in [-0.1, -0.05) is 25.1 Å². The number of likely N-dealkylation sites (tertiary alicyclic amines) is 1. The van der Waals surface area contributed by atoms with Crippen LogP contribution < -0.4 is 10.1 Å². The molecule has 5 rings (SSSR count). The number of ketones is 1. The molecule has 9 heteroatoms. The molecule has 2 fully saturated rings. The number of hydrogen-bond donors (Lipinski definition) is 2. The summed E-state index contributed by atoms with van der Waals surface area (Å²) in [7, 11) is 3.74. The monoisotopic (exact) mass is 533 g/mol. The number of carbonyl (C=O) groups is 2. The summed E-state index contributed by atoms with van der Waals surface area (Å²) in [5, 5.41) is 4.22. The number of nitrogens with zero attached hydrogens (tertiary/aromatic N) is 3. The molecule has 2 aliphatic rings. The van der Waals surface area contributed by atoms with Crippen LogP contribution in [0.25, 0.3) is 22.2 Å². The van der Waals surface area contributed by atoms with Crippen LogP contribution in [0, 0.1) is 11.3 Å². The lowest BCUT2D eigenvalue weighted by molar-refractivity contribution is -0.124. The highest BCUT2D eigenvalue weighted by Crippen LogP contribution is 2.59. The summed E-state index contributed by atoms with van der Waals surface area (Å²) in [6, 6.07) is 9.48. The van der Waals surface area contributed by atoms with Gasteiger partial charge in [0.25, 0.3) is 0 Å². The first-order valence-electron chi connectivity index (χ1n) is 14.0. The SMILES string of the molecule is CCC(=O)CCCOC[C@H](NC(=O)[C@H]1CC12CCN(C)CC2)c1ncc(-c2cc3ccccc3nc2OC)[nH]1.